The number of esters is 3. The Morgan fingerprint density at radius 1 is 0.253 bits per heavy atom. The molecule has 6 heteroatoms. The average Bonchev–Trinajstić information content (AvgIpc) is 3.49. The number of unbranched alkanes of at least 4 members (excludes halogenated alkanes) is 26. The van der Waals surface area contributed by atoms with Crippen LogP contribution in [0.2, 0.25) is 0 Å². The Morgan fingerprint density at radius 3 is 0.843 bits per heavy atom. The summed E-state index contributed by atoms with van der Waals surface area (Å²) in [5, 5.41) is 0. The number of rotatable bonds is 61. The molecular weight excluding hydrogens is 1020 g/mol. The second-order valence-electron chi connectivity index (χ2n) is 22.3. The zero-order valence-electron chi connectivity index (χ0n) is 53.9. The van der Waals surface area contributed by atoms with Crippen LogP contribution in [0.3, 0.4) is 0 Å². The first kappa shape index (κ1) is 78.3. The molecule has 0 heterocycles. The standard InChI is InChI=1S/C77H126O6/c1-4-7-10-13-16-19-22-25-28-31-33-34-35-36-37-38-39-40-41-42-44-46-49-52-55-58-61-64-67-70-76(79)82-73-74(72-81-75(78)69-66-63-60-57-54-51-48-45-30-27-24-21-18-15-12-9-6-3)83-77(80)71-68-65-62-59-56-53-50-47-43-32-29-26-23-20-17-14-11-8-5-2/h8-9,11-12,17-18,20-21,26-27,29-31,33,43,47-48,51,53,56-57,60,62,65,74H,4-7,10,13-16,19,22-25,28,32,34-42,44-46,49-50,52,54-55,58-59,61,63-64,66-73H2,1-3H3/b11-8-,12-9-,20-17-,21-18-,29-26-,30-27-,33-31-,47-43-,51-48-,56-53-,60-57-,65-62-. The van der Waals surface area contributed by atoms with Crippen LogP contribution in [0.1, 0.15) is 303 Å². The maximum Gasteiger partial charge on any atom is 0.306 e. The summed E-state index contributed by atoms with van der Waals surface area (Å²) >= 11 is 0. The van der Waals surface area contributed by atoms with Gasteiger partial charge < -0.3 is 14.2 Å². The van der Waals surface area contributed by atoms with Gasteiger partial charge in [0, 0.05) is 19.3 Å². The Kier molecular flexibility index (Phi) is 65.8. The minimum atomic E-state index is -0.849. The van der Waals surface area contributed by atoms with E-state index in [4.69, 9.17) is 14.2 Å². The van der Waals surface area contributed by atoms with Gasteiger partial charge in [-0.3, -0.25) is 14.4 Å². The predicted octanol–water partition coefficient (Wildman–Crippen LogP) is 23.9. The van der Waals surface area contributed by atoms with E-state index in [1.54, 1.807) is 0 Å². The van der Waals surface area contributed by atoms with E-state index < -0.39 is 12.1 Å². The molecule has 1 atom stereocenters. The van der Waals surface area contributed by atoms with Crippen molar-refractivity contribution in [3.05, 3.63) is 146 Å². The highest BCUT2D eigenvalue weighted by Crippen LogP contribution is 2.16. The Labute approximate surface area is 512 Å². The zero-order chi connectivity index (χ0) is 59.9. The number of ether oxygens (including phenoxy) is 3. The molecule has 470 valence electrons. The molecule has 0 saturated heterocycles. The van der Waals surface area contributed by atoms with E-state index in [2.05, 4.69) is 154 Å². The van der Waals surface area contributed by atoms with Crippen molar-refractivity contribution in [1.82, 2.24) is 0 Å². The topological polar surface area (TPSA) is 78.9 Å². The summed E-state index contributed by atoms with van der Waals surface area (Å²) in [6.45, 7) is 6.32. The molecule has 0 aliphatic rings. The largest absolute Gasteiger partial charge is 0.462 e. The van der Waals surface area contributed by atoms with E-state index >= 15 is 0 Å². The summed E-state index contributed by atoms with van der Waals surface area (Å²) in [4.78, 5) is 38.3. The van der Waals surface area contributed by atoms with Gasteiger partial charge in [-0.1, -0.05) is 308 Å². The predicted molar refractivity (Wildman–Crippen MR) is 362 cm³/mol. The van der Waals surface area contributed by atoms with Crippen LogP contribution in [0.15, 0.2) is 146 Å². The molecule has 0 aromatic heterocycles. The molecule has 0 amide bonds. The van der Waals surface area contributed by atoms with Crippen molar-refractivity contribution in [3.63, 3.8) is 0 Å². The Morgan fingerprint density at radius 2 is 0.506 bits per heavy atom. The van der Waals surface area contributed by atoms with Gasteiger partial charge >= 0.3 is 17.9 Å². The average molecular weight is 1150 g/mol. The third-order valence-electron chi connectivity index (χ3n) is 14.3. The quantitative estimate of drug-likeness (QED) is 0.0261. The van der Waals surface area contributed by atoms with Crippen LogP contribution in [0.5, 0.6) is 0 Å². The van der Waals surface area contributed by atoms with Crippen molar-refractivity contribution in [1.29, 1.82) is 0 Å². The van der Waals surface area contributed by atoms with Gasteiger partial charge in [0.25, 0.3) is 0 Å². The van der Waals surface area contributed by atoms with Gasteiger partial charge in [0.1, 0.15) is 13.2 Å². The summed E-state index contributed by atoms with van der Waals surface area (Å²) in [5.41, 5.74) is 0. The first-order valence-corrected chi connectivity index (χ1v) is 34.3. The third-order valence-corrected chi connectivity index (χ3v) is 14.3. The molecule has 6 nitrogen and oxygen atoms in total. The molecule has 0 aromatic carbocycles. The normalized spacial score (nSPS) is 13.0. The van der Waals surface area contributed by atoms with Gasteiger partial charge in [0.05, 0.1) is 0 Å². The zero-order valence-corrected chi connectivity index (χ0v) is 53.9. The summed E-state index contributed by atoms with van der Waals surface area (Å²) in [5.74, 6) is -1.07. The highest BCUT2D eigenvalue weighted by molar-refractivity contribution is 5.71. The molecule has 0 aliphatic carbocycles. The molecular formula is C77H126O6. The van der Waals surface area contributed by atoms with Crippen LogP contribution in [-0.4, -0.2) is 37.2 Å². The fraction of sp³-hybridized carbons (Fsp3) is 0.649. The van der Waals surface area contributed by atoms with Gasteiger partial charge in [-0.25, -0.2) is 0 Å². The van der Waals surface area contributed by atoms with E-state index in [0.717, 1.165) is 96.3 Å². The van der Waals surface area contributed by atoms with E-state index in [-0.39, 0.29) is 38.0 Å². The molecule has 0 bridgehead atoms. The lowest BCUT2D eigenvalue weighted by Crippen LogP contribution is -2.30. The second-order valence-corrected chi connectivity index (χ2v) is 22.3. The van der Waals surface area contributed by atoms with Gasteiger partial charge in [-0.05, 0) is 122 Å². The van der Waals surface area contributed by atoms with E-state index in [1.165, 1.54) is 154 Å². The van der Waals surface area contributed by atoms with Crippen molar-refractivity contribution in [2.24, 2.45) is 0 Å². The smallest absolute Gasteiger partial charge is 0.306 e. The summed E-state index contributed by atoms with van der Waals surface area (Å²) < 4.78 is 16.8. The number of hydrogen-bond acceptors (Lipinski definition) is 6. The van der Waals surface area contributed by atoms with Crippen LogP contribution >= 0.6 is 0 Å². The highest BCUT2D eigenvalue weighted by Gasteiger charge is 2.19. The lowest BCUT2D eigenvalue weighted by molar-refractivity contribution is -0.166. The highest BCUT2D eigenvalue weighted by atomic mass is 16.6. The number of allylic oxidation sites excluding steroid dienone is 24. The van der Waals surface area contributed by atoms with Crippen LogP contribution in [0.4, 0.5) is 0 Å². The summed E-state index contributed by atoms with van der Waals surface area (Å²) in [7, 11) is 0. The molecule has 0 N–H and O–H groups in total. The van der Waals surface area contributed by atoms with Gasteiger partial charge in [0.15, 0.2) is 6.10 Å². The van der Waals surface area contributed by atoms with Crippen LogP contribution < -0.4 is 0 Å². The van der Waals surface area contributed by atoms with Crippen molar-refractivity contribution < 1.29 is 28.6 Å². The maximum atomic E-state index is 12.9. The van der Waals surface area contributed by atoms with E-state index in [9.17, 15) is 14.4 Å². The minimum Gasteiger partial charge on any atom is -0.462 e. The van der Waals surface area contributed by atoms with Crippen molar-refractivity contribution >= 4 is 17.9 Å². The molecule has 0 saturated carbocycles. The van der Waals surface area contributed by atoms with Crippen molar-refractivity contribution in [2.45, 2.75) is 309 Å². The molecule has 0 aromatic rings. The molecule has 1 unspecified atom stereocenters. The fourth-order valence-electron chi connectivity index (χ4n) is 9.27. The van der Waals surface area contributed by atoms with Crippen LogP contribution in [0, 0.1) is 0 Å². The molecule has 0 radical (unpaired) electrons. The Bertz CT molecular complexity index is 1800. The summed E-state index contributed by atoms with van der Waals surface area (Å²) in [6.07, 6.45) is 100. The minimum absolute atomic E-state index is 0.129. The molecule has 0 fully saturated rings. The van der Waals surface area contributed by atoms with Crippen LogP contribution in [0.25, 0.3) is 0 Å². The van der Waals surface area contributed by atoms with Crippen molar-refractivity contribution in [2.75, 3.05) is 13.2 Å². The molecule has 0 spiro atoms. The lowest BCUT2D eigenvalue weighted by Gasteiger charge is -2.18. The van der Waals surface area contributed by atoms with Crippen molar-refractivity contribution in [3.8, 4) is 0 Å². The summed E-state index contributed by atoms with van der Waals surface area (Å²) in [6, 6.07) is 0. The fourth-order valence-corrected chi connectivity index (χ4v) is 9.27. The molecule has 0 aliphatic heterocycles. The van der Waals surface area contributed by atoms with Crippen LogP contribution in [-0.2, 0) is 28.6 Å². The Balaban J connectivity index is 4.42. The van der Waals surface area contributed by atoms with E-state index in [0.29, 0.717) is 19.3 Å². The molecule has 83 heavy (non-hydrogen) atoms. The number of hydrogen-bond donors (Lipinski definition) is 0. The molecule has 0 rings (SSSR count). The monoisotopic (exact) mass is 1150 g/mol. The number of carbonyl (C=O) groups excluding carboxylic acids is 3. The SMILES string of the molecule is CC/C=C\C/C=C\C/C=C\C/C=C\C/C=C\C/C=C\CCC(=O)OC(COC(=O)CCC/C=C\C/C=C\C/C=C\C/C=C\C/C=C\CC)COC(=O)CCCCCCCCCCCCCCCCCCC/C=C\CCCCCCCCCC. The number of carbonyl (C=O) groups is 3. The van der Waals surface area contributed by atoms with E-state index in [1.807, 2.05) is 12.2 Å². The third kappa shape index (κ3) is 68.0. The van der Waals surface area contributed by atoms with Gasteiger partial charge in [0.2, 0.25) is 0 Å². The lowest BCUT2D eigenvalue weighted by atomic mass is 10.0. The second kappa shape index (κ2) is 69.8. The first-order valence-electron chi connectivity index (χ1n) is 34.3. The van der Waals surface area contributed by atoms with Gasteiger partial charge in [-0.15, -0.1) is 0 Å². The first-order chi connectivity index (χ1) is 41.0. The Hall–Kier alpha value is -4.71. The van der Waals surface area contributed by atoms with Gasteiger partial charge in [-0.2, -0.15) is 0 Å². The maximum absolute atomic E-state index is 12.9.